The highest BCUT2D eigenvalue weighted by atomic mass is 19.4. The van der Waals surface area contributed by atoms with E-state index >= 15 is 0 Å². The Kier molecular flexibility index (Phi) is 5.99. The molecule has 0 saturated heterocycles. The highest BCUT2D eigenvalue weighted by Gasteiger charge is 2.30. The Labute approximate surface area is 165 Å². The highest BCUT2D eigenvalue weighted by molar-refractivity contribution is 5.67. The molecule has 0 fully saturated rings. The molecule has 0 aliphatic carbocycles. The van der Waals surface area contributed by atoms with Crippen molar-refractivity contribution in [3.8, 4) is 0 Å². The molecular weight excluding hydrogens is 359 g/mol. The smallest absolute Gasteiger partial charge is 0.299 e. The van der Waals surface area contributed by atoms with E-state index in [-0.39, 0.29) is 5.41 Å². The van der Waals surface area contributed by atoms with E-state index in [1.807, 2.05) is 0 Å². The average Bonchev–Trinajstić information content (AvgIpc) is 2.66. The Hall–Kier alpha value is -2.07. The number of hydrogen-bond donors (Lipinski definition) is 0. The monoisotopic (exact) mass is 387 g/mol. The Morgan fingerprint density at radius 2 is 1.64 bits per heavy atom. The molecule has 1 heterocycles. The minimum absolute atomic E-state index is 0.163. The van der Waals surface area contributed by atoms with Gasteiger partial charge in [0, 0.05) is 19.6 Å². The van der Waals surface area contributed by atoms with Crippen molar-refractivity contribution < 1.29 is 13.2 Å². The number of nitrogens with zero attached hydrogens (tertiary/aromatic N) is 1. The zero-order valence-corrected chi connectivity index (χ0v) is 16.8. The van der Waals surface area contributed by atoms with E-state index in [1.165, 1.54) is 23.3 Å². The van der Waals surface area contributed by atoms with Crippen LogP contribution in [0.2, 0.25) is 0 Å². The summed E-state index contributed by atoms with van der Waals surface area (Å²) in [4.78, 5) is 2.36. The largest absolute Gasteiger partial charge is 0.416 e. The highest BCUT2D eigenvalue weighted by Crippen LogP contribution is 2.32. The van der Waals surface area contributed by atoms with Crippen LogP contribution in [0.25, 0.3) is 5.57 Å². The standard InChI is InChI=1S/C24H28F3N/c1-23(2,3)21-9-7-18(8-10-21)11-14-28-15-12-19(13-16-28)20-5-4-6-22(17-20)24(25,26)27/h4-10,12,17H,11,13-16H2,1-3H3. The summed E-state index contributed by atoms with van der Waals surface area (Å²) in [6.07, 6.45) is -0.455. The number of hydrogen-bond acceptors (Lipinski definition) is 1. The van der Waals surface area contributed by atoms with Crippen LogP contribution < -0.4 is 0 Å². The fourth-order valence-corrected chi connectivity index (χ4v) is 3.53. The van der Waals surface area contributed by atoms with Gasteiger partial charge in [0.2, 0.25) is 0 Å². The van der Waals surface area contributed by atoms with Crippen LogP contribution >= 0.6 is 0 Å². The second kappa shape index (κ2) is 8.12. The zero-order valence-electron chi connectivity index (χ0n) is 16.8. The lowest BCUT2D eigenvalue weighted by Crippen LogP contribution is -2.30. The van der Waals surface area contributed by atoms with Gasteiger partial charge in [-0.05, 0) is 52.7 Å². The van der Waals surface area contributed by atoms with Crippen molar-refractivity contribution in [2.75, 3.05) is 19.6 Å². The van der Waals surface area contributed by atoms with E-state index in [0.29, 0.717) is 5.56 Å². The summed E-state index contributed by atoms with van der Waals surface area (Å²) in [6.45, 7) is 9.26. The van der Waals surface area contributed by atoms with Gasteiger partial charge in [0.05, 0.1) is 5.56 Å². The van der Waals surface area contributed by atoms with Gasteiger partial charge in [-0.1, -0.05) is 63.2 Å². The van der Waals surface area contributed by atoms with Gasteiger partial charge in [0.1, 0.15) is 0 Å². The van der Waals surface area contributed by atoms with E-state index in [1.54, 1.807) is 6.07 Å². The Morgan fingerprint density at radius 1 is 0.929 bits per heavy atom. The average molecular weight is 387 g/mol. The first-order chi connectivity index (χ1) is 13.1. The Bertz CT molecular complexity index is 826. The van der Waals surface area contributed by atoms with Crippen LogP contribution in [-0.4, -0.2) is 24.5 Å². The summed E-state index contributed by atoms with van der Waals surface area (Å²) in [5, 5.41) is 0. The van der Waals surface area contributed by atoms with Crippen molar-refractivity contribution in [2.24, 2.45) is 0 Å². The first-order valence-corrected chi connectivity index (χ1v) is 9.81. The summed E-state index contributed by atoms with van der Waals surface area (Å²) in [5.74, 6) is 0. The fraction of sp³-hybridized carbons (Fsp3) is 0.417. The van der Waals surface area contributed by atoms with Crippen LogP contribution in [0.15, 0.2) is 54.6 Å². The maximum Gasteiger partial charge on any atom is 0.416 e. The predicted molar refractivity (Wildman–Crippen MR) is 109 cm³/mol. The molecule has 150 valence electrons. The third kappa shape index (κ3) is 5.26. The van der Waals surface area contributed by atoms with Gasteiger partial charge in [0.15, 0.2) is 0 Å². The van der Waals surface area contributed by atoms with Crippen LogP contribution in [0.1, 0.15) is 49.4 Å². The van der Waals surface area contributed by atoms with Crippen molar-refractivity contribution in [3.05, 3.63) is 76.9 Å². The van der Waals surface area contributed by atoms with Gasteiger partial charge in [-0.2, -0.15) is 13.2 Å². The van der Waals surface area contributed by atoms with E-state index < -0.39 is 11.7 Å². The zero-order chi connectivity index (χ0) is 20.4. The van der Waals surface area contributed by atoms with E-state index in [0.717, 1.165) is 44.1 Å². The first-order valence-electron chi connectivity index (χ1n) is 9.81. The molecule has 1 aliphatic rings. The van der Waals surface area contributed by atoms with Gasteiger partial charge in [-0.25, -0.2) is 0 Å². The molecule has 2 aromatic carbocycles. The van der Waals surface area contributed by atoms with Crippen molar-refractivity contribution >= 4 is 5.57 Å². The molecule has 1 aliphatic heterocycles. The first kappa shape index (κ1) is 20.7. The van der Waals surface area contributed by atoms with Gasteiger partial charge >= 0.3 is 6.18 Å². The second-order valence-corrected chi connectivity index (χ2v) is 8.56. The number of rotatable bonds is 4. The van der Waals surface area contributed by atoms with Crippen molar-refractivity contribution in [2.45, 2.75) is 45.2 Å². The lowest BCUT2D eigenvalue weighted by Gasteiger charge is -2.27. The van der Waals surface area contributed by atoms with Crippen molar-refractivity contribution in [1.29, 1.82) is 0 Å². The van der Waals surface area contributed by atoms with E-state index in [4.69, 9.17) is 0 Å². The molecule has 0 unspecified atom stereocenters. The van der Waals surface area contributed by atoms with Crippen LogP contribution in [-0.2, 0) is 18.0 Å². The molecule has 3 rings (SSSR count). The number of benzene rings is 2. The Morgan fingerprint density at radius 3 is 2.21 bits per heavy atom. The summed E-state index contributed by atoms with van der Waals surface area (Å²) >= 11 is 0. The molecule has 0 aromatic heterocycles. The van der Waals surface area contributed by atoms with E-state index in [2.05, 4.69) is 56.0 Å². The Balaban J connectivity index is 1.57. The lowest BCUT2D eigenvalue weighted by atomic mass is 9.86. The topological polar surface area (TPSA) is 3.24 Å². The molecule has 2 aromatic rings. The SMILES string of the molecule is CC(C)(C)c1ccc(CCN2CC=C(c3cccc(C(F)(F)F)c3)CC2)cc1. The van der Waals surface area contributed by atoms with Crippen molar-refractivity contribution in [3.63, 3.8) is 0 Å². The van der Waals surface area contributed by atoms with Crippen LogP contribution in [0.5, 0.6) is 0 Å². The molecule has 0 atom stereocenters. The van der Waals surface area contributed by atoms with E-state index in [9.17, 15) is 13.2 Å². The molecule has 0 radical (unpaired) electrons. The molecule has 0 N–H and O–H groups in total. The second-order valence-electron chi connectivity index (χ2n) is 8.56. The summed E-state index contributed by atoms with van der Waals surface area (Å²) in [5.41, 5.74) is 3.94. The van der Waals surface area contributed by atoms with Crippen LogP contribution in [0.3, 0.4) is 0 Å². The molecular formula is C24H28F3N. The normalized spacial score (nSPS) is 16.1. The minimum atomic E-state index is -4.29. The van der Waals surface area contributed by atoms with Crippen molar-refractivity contribution in [1.82, 2.24) is 4.90 Å². The number of alkyl halides is 3. The summed E-state index contributed by atoms with van der Waals surface area (Å²) < 4.78 is 38.8. The molecule has 4 heteroatoms. The quantitative estimate of drug-likeness (QED) is 0.592. The molecule has 1 nitrogen and oxygen atoms in total. The predicted octanol–water partition coefficient (Wildman–Crippen LogP) is 6.33. The van der Waals surface area contributed by atoms with Gasteiger partial charge < -0.3 is 0 Å². The molecule has 28 heavy (non-hydrogen) atoms. The maximum atomic E-state index is 12.9. The third-order valence-corrected chi connectivity index (χ3v) is 5.39. The molecule has 0 amide bonds. The molecule has 0 bridgehead atoms. The summed E-state index contributed by atoms with van der Waals surface area (Å²) in [7, 11) is 0. The molecule has 0 spiro atoms. The fourth-order valence-electron chi connectivity index (χ4n) is 3.53. The summed E-state index contributed by atoms with van der Waals surface area (Å²) in [6, 6.07) is 14.5. The molecule has 0 saturated carbocycles. The maximum absolute atomic E-state index is 12.9. The third-order valence-electron chi connectivity index (χ3n) is 5.39. The van der Waals surface area contributed by atoms with Crippen LogP contribution in [0, 0.1) is 0 Å². The van der Waals surface area contributed by atoms with Gasteiger partial charge in [-0.3, -0.25) is 4.90 Å². The number of halogens is 3. The minimum Gasteiger partial charge on any atom is -0.299 e. The van der Waals surface area contributed by atoms with Gasteiger partial charge in [-0.15, -0.1) is 0 Å². The van der Waals surface area contributed by atoms with Gasteiger partial charge in [0.25, 0.3) is 0 Å². The lowest BCUT2D eigenvalue weighted by molar-refractivity contribution is -0.137. The van der Waals surface area contributed by atoms with Crippen LogP contribution in [0.4, 0.5) is 13.2 Å².